The first kappa shape index (κ1) is 29.3. The third kappa shape index (κ3) is 6.71. The van der Waals surface area contributed by atoms with Crippen LogP contribution in [0.1, 0.15) is 78.4 Å². The van der Waals surface area contributed by atoms with Crippen LogP contribution < -0.4 is 5.32 Å². The number of carboxylic acid groups (broad SMARTS) is 1. The molecule has 3 aliphatic rings. The number of amides is 1. The lowest BCUT2D eigenvalue weighted by atomic mass is 9.79. The molecular formula is C27H34F3N3O5S. The number of aryl methyl sites for hydroxylation is 2. The molecule has 0 atom stereocenters. The molecule has 4 rings (SSSR count). The predicted molar refractivity (Wildman–Crippen MR) is 141 cm³/mol. The van der Waals surface area contributed by atoms with Gasteiger partial charge in [-0.25, -0.2) is 13.2 Å². The fraction of sp³-hybridized carbons (Fsp3) is 0.593. The third-order valence-corrected chi connectivity index (χ3v) is 9.79. The van der Waals surface area contributed by atoms with Crippen molar-refractivity contribution in [1.29, 1.82) is 0 Å². The fourth-order valence-electron chi connectivity index (χ4n) is 5.88. The van der Waals surface area contributed by atoms with Crippen LogP contribution >= 0.6 is 0 Å². The maximum atomic E-state index is 13.0. The maximum absolute atomic E-state index is 13.0. The van der Waals surface area contributed by atoms with E-state index < -0.39 is 34.1 Å². The average molecular weight is 570 g/mol. The zero-order chi connectivity index (χ0) is 28.6. The van der Waals surface area contributed by atoms with Gasteiger partial charge in [0.1, 0.15) is 11.4 Å². The number of carboxylic acids is 1. The number of nitrogens with one attached hydrogen (secondary N) is 1. The van der Waals surface area contributed by atoms with Crippen LogP contribution in [0.4, 0.5) is 13.2 Å². The molecule has 8 nitrogen and oxygen atoms in total. The van der Waals surface area contributed by atoms with E-state index in [0.29, 0.717) is 48.2 Å². The molecule has 0 radical (unpaired) electrons. The Morgan fingerprint density at radius 2 is 1.74 bits per heavy atom. The molecule has 0 aromatic heterocycles. The monoisotopic (exact) mass is 569 g/mol. The van der Waals surface area contributed by atoms with Gasteiger partial charge >= 0.3 is 12.1 Å². The van der Waals surface area contributed by atoms with Gasteiger partial charge in [0.05, 0.1) is 5.56 Å². The minimum absolute atomic E-state index is 0.000785. The van der Waals surface area contributed by atoms with Gasteiger partial charge < -0.3 is 10.4 Å². The highest BCUT2D eigenvalue weighted by Crippen LogP contribution is 2.38. The number of amidine groups is 1. The van der Waals surface area contributed by atoms with Gasteiger partial charge in [-0.15, -0.1) is 0 Å². The first-order valence-electron chi connectivity index (χ1n) is 13.2. The number of alkyl halides is 3. The second kappa shape index (κ2) is 11.0. The van der Waals surface area contributed by atoms with Crippen LogP contribution in [0.15, 0.2) is 22.5 Å². The van der Waals surface area contributed by atoms with Crippen molar-refractivity contribution in [2.75, 3.05) is 13.1 Å². The molecule has 214 valence electrons. The van der Waals surface area contributed by atoms with E-state index in [4.69, 9.17) is 4.99 Å². The van der Waals surface area contributed by atoms with Crippen molar-refractivity contribution in [2.24, 2.45) is 16.8 Å². The number of piperidine rings is 1. The average Bonchev–Trinajstić information content (AvgIpc) is 3.17. The Balaban J connectivity index is 1.37. The molecule has 1 saturated heterocycles. The van der Waals surface area contributed by atoms with E-state index in [1.807, 2.05) is 0 Å². The molecule has 2 aliphatic heterocycles. The Morgan fingerprint density at radius 1 is 1.15 bits per heavy atom. The van der Waals surface area contributed by atoms with E-state index in [1.54, 1.807) is 13.8 Å². The summed E-state index contributed by atoms with van der Waals surface area (Å²) in [6, 6.07) is 2.99. The summed E-state index contributed by atoms with van der Waals surface area (Å²) in [5.74, 6) is -0.685. The number of benzene rings is 1. The zero-order valence-electron chi connectivity index (χ0n) is 22.1. The van der Waals surface area contributed by atoms with Gasteiger partial charge in [-0.3, -0.25) is 9.79 Å². The summed E-state index contributed by atoms with van der Waals surface area (Å²) in [5.41, 5.74) is 1.05. The Morgan fingerprint density at radius 3 is 2.28 bits per heavy atom. The Labute approximate surface area is 226 Å². The van der Waals surface area contributed by atoms with Crippen LogP contribution in [0.25, 0.3) is 6.08 Å². The fourth-order valence-corrected chi connectivity index (χ4v) is 7.05. The summed E-state index contributed by atoms with van der Waals surface area (Å²) in [6.07, 6.45) is -0.152. The van der Waals surface area contributed by atoms with Crippen LogP contribution in [0.2, 0.25) is 0 Å². The van der Waals surface area contributed by atoms with Gasteiger partial charge in [0.25, 0.3) is 5.91 Å². The molecule has 1 aromatic carbocycles. The van der Waals surface area contributed by atoms with Gasteiger partial charge in [-0.1, -0.05) is 0 Å². The zero-order valence-corrected chi connectivity index (χ0v) is 22.9. The van der Waals surface area contributed by atoms with E-state index in [9.17, 15) is 36.3 Å². The van der Waals surface area contributed by atoms with Gasteiger partial charge in [-0.2, -0.15) is 17.5 Å². The number of rotatable bonds is 7. The topological polar surface area (TPSA) is 116 Å². The van der Waals surface area contributed by atoms with E-state index in [1.165, 1.54) is 22.5 Å². The summed E-state index contributed by atoms with van der Waals surface area (Å²) in [5, 5.41) is 13.2. The minimum Gasteiger partial charge on any atom is -0.478 e. The number of hydrogen-bond acceptors (Lipinski definition) is 5. The highest BCUT2D eigenvalue weighted by Gasteiger charge is 2.48. The predicted octanol–water partition coefficient (Wildman–Crippen LogP) is 4.81. The number of carbonyl (C=O) groups is 2. The molecule has 2 N–H and O–H groups in total. The largest absolute Gasteiger partial charge is 0.478 e. The summed E-state index contributed by atoms with van der Waals surface area (Å²) < 4.78 is 65.0. The van der Waals surface area contributed by atoms with Crippen molar-refractivity contribution in [3.8, 4) is 0 Å². The first-order chi connectivity index (χ1) is 18.2. The molecule has 1 saturated carbocycles. The molecule has 2 heterocycles. The molecular weight excluding hydrogens is 535 g/mol. The molecule has 1 spiro atoms. The number of halogens is 3. The number of aliphatic imine (C=N–C) groups is 1. The van der Waals surface area contributed by atoms with E-state index in [2.05, 4.69) is 5.32 Å². The number of hydrogen-bond donors (Lipinski definition) is 2. The van der Waals surface area contributed by atoms with E-state index in [-0.39, 0.29) is 55.7 Å². The van der Waals surface area contributed by atoms with Crippen molar-refractivity contribution in [1.82, 2.24) is 9.62 Å². The maximum Gasteiger partial charge on any atom is 0.389 e. The number of aromatic carboxylic acids is 1. The molecule has 1 amide bonds. The van der Waals surface area contributed by atoms with Crippen LogP contribution in [-0.2, 0) is 14.8 Å². The molecule has 2 fully saturated rings. The highest BCUT2D eigenvalue weighted by molar-refractivity contribution is 7.92. The van der Waals surface area contributed by atoms with Crippen LogP contribution in [0.5, 0.6) is 0 Å². The third-order valence-electron chi connectivity index (χ3n) is 8.23. The van der Waals surface area contributed by atoms with Crippen molar-refractivity contribution in [3.63, 3.8) is 0 Å². The van der Waals surface area contributed by atoms with Crippen molar-refractivity contribution < 1.29 is 36.3 Å². The van der Waals surface area contributed by atoms with E-state index >= 15 is 0 Å². The summed E-state index contributed by atoms with van der Waals surface area (Å²) in [7, 11) is -3.79. The van der Waals surface area contributed by atoms with E-state index in [0.717, 1.165) is 5.41 Å². The first-order valence-corrected chi connectivity index (χ1v) is 14.7. The summed E-state index contributed by atoms with van der Waals surface area (Å²) >= 11 is 0. The molecule has 12 heteroatoms. The number of carbonyl (C=O) groups excluding carboxylic acids is 1. The van der Waals surface area contributed by atoms with Gasteiger partial charge in [0, 0.05) is 30.8 Å². The Kier molecular flexibility index (Phi) is 8.28. The molecule has 0 unspecified atom stereocenters. The van der Waals surface area contributed by atoms with Gasteiger partial charge in [-0.05, 0) is 99.6 Å². The summed E-state index contributed by atoms with van der Waals surface area (Å²) in [4.78, 5) is 28.9. The molecule has 0 bridgehead atoms. The Hall–Kier alpha value is -2.73. The summed E-state index contributed by atoms with van der Waals surface area (Å²) in [6.45, 7) is 3.69. The lowest BCUT2D eigenvalue weighted by molar-refractivity contribution is -0.138. The van der Waals surface area contributed by atoms with Gasteiger partial charge in [0.15, 0.2) is 0 Å². The van der Waals surface area contributed by atoms with Crippen molar-refractivity contribution in [3.05, 3.63) is 39.8 Å². The van der Waals surface area contributed by atoms with Crippen LogP contribution in [-0.4, -0.2) is 60.3 Å². The van der Waals surface area contributed by atoms with Gasteiger partial charge in [0.2, 0.25) is 10.0 Å². The van der Waals surface area contributed by atoms with Crippen molar-refractivity contribution >= 4 is 33.8 Å². The lowest BCUT2D eigenvalue weighted by Crippen LogP contribution is -2.50. The lowest BCUT2D eigenvalue weighted by Gasteiger charge is -2.34. The highest BCUT2D eigenvalue weighted by atomic mass is 32.2. The normalized spacial score (nSPS) is 24.2. The Bertz CT molecular complexity index is 1270. The van der Waals surface area contributed by atoms with Crippen molar-refractivity contribution in [2.45, 2.75) is 76.9 Å². The quantitative estimate of drug-likeness (QED) is 0.489. The number of nitrogens with zero attached hydrogens (tertiary/aromatic N) is 2. The van der Waals surface area contributed by atoms with Crippen LogP contribution in [0, 0.1) is 25.7 Å². The molecule has 1 aromatic rings. The second-order valence-electron chi connectivity index (χ2n) is 10.9. The molecule has 1 aliphatic carbocycles. The van der Waals surface area contributed by atoms with Crippen LogP contribution in [0.3, 0.4) is 0 Å². The molecule has 39 heavy (non-hydrogen) atoms. The number of sulfonamides is 1. The minimum atomic E-state index is -4.14. The second-order valence-corrected chi connectivity index (χ2v) is 12.7. The standard InChI is InChI=1S/C27H34F3N3O5S/c1-17-15-21(24(34)35)16-18(2)22(17)8-14-39(37,38)33-12-10-26(11-13-33)25(36)31-23(32-26)20-5-3-19(4-6-20)7-9-27(28,29)30/h8,14-16,19-20H,3-7,9-13H2,1-2H3,(H,34,35)(H,31,32,36). The smallest absolute Gasteiger partial charge is 0.389 e. The SMILES string of the molecule is Cc1cc(C(=O)O)cc(C)c1C=CS(=O)(=O)N1CCC2(CC1)N=C(C1CCC(CCC(F)(F)F)CC1)NC2=O.